The lowest BCUT2D eigenvalue weighted by molar-refractivity contribution is -0.137. The van der Waals surface area contributed by atoms with Gasteiger partial charge in [-0.1, -0.05) is 18.2 Å². The zero-order chi connectivity index (χ0) is 14.0. The van der Waals surface area contributed by atoms with Crippen LogP contribution in [0.2, 0.25) is 0 Å². The van der Waals surface area contributed by atoms with Crippen LogP contribution in [-0.2, 0) is 12.6 Å². The Morgan fingerprint density at radius 2 is 1.95 bits per heavy atom. The molecule has 0 spiro atoms. The molecule has 19 heavy (non-hydrogen) atoms. The van der Waals surface area contributed by atoms with Gasteiger partial charge in [0.1, 0.15) is 5.82 Å². The van der Waals surface area contributed by atoms with Crippen LogP contribution in [0.3, 0.4) is 0 Å². The van der Waals surface area contributed by atoms with Crippen LogP contribution in [0.15, 0.2) is 30.5 Å². The maximum atomic E-state index is 13.4. The van der Waals surface area contributed by atoms with Gasteiger partial charge < -0.3 is 5.11 Å². The van der Waals surface area contributed by atoms with Crippen molar-refractivity contribution in [2.45, 2.75) is 18.7 Å². The first-order chi connectivity index (χ1) is 8.88. The number of aliphatic hydroxyl groups is 1. The van der Waals surface area contributed by atoms with E-state index in [0.29, 0.717) is 11.3 Å². The first-order valence-corrected chi connectivity index (χ1v) is 6.14. The third-order valence-electron chi connectivity index (χ3n) is 2.47. The maximum Gasteiger partial charge on any atom is 0.443 e. The van der Waals surface area contributed by atoms with Crippen LogP contribution < -0.4 is 0 Å². The van der Waals surface area contributed by atoms with E-state index in [1.54, 1.807) is 6.07 Å². The van der Waals surface area contributed by atoms with E-state index in [0.717, 1.165) is 6.20 Å². The Kier molecular flexibility index (Phi) is 3.86. The summed E-state index contributed by atoms with van der Waals surface area (Å²) in [5.41, 5.74) is 0.247. The van der Waals surface area contributed by atoms with Crippen LogP contribution in [0.1, 0.15) is 21.6 Å². The van der Waals surface area contributed by atoms with E-state index >= 15 is 0 Å². The van der Waals surface area contributed by atoms with E-state index < -0.39 is 23.1 Å². The molecule has 0 aliphatic rings. The number of rotatable bonds is 3. The van der Waals surface area contributed by atoms with Crippen LogP contribution in [0.25, 0.3) is 0 Å². The van der Waals surface area contributed by atoms with Crippen molar-refractivity contribution in [3.63, 3.8) is 0 Å². The average molecular weight is 291 g/mol. The van der Waals surface area contributed by atoms with Gasteiger partial charge in [0.2, 0.25) is 0 Å². The fourth-order valence-corrected chi connectivity index (χ4v) is 2.31. The molecule has 1 aromatic heterocycles. The predicted molar refractivity (Wildman–Crippen MR) is 62.2 cm³/mol. The summed E-state index contributed by atoms with van der Waals surface area (Å²) < 4.78 is 50.4. The zero-order valence-corrected chi connectivity index (χ0v) is 10.3. The number of benzene rings is 1. The molecule has 1 heterocycles. The van der Waals surface area contributed by atoms with Crippen molar-refractivity contribution in [1.29, 1.82) is 0 Å². The first kappa shape index (κ1) is 14.0. The van der Waals surface area contributed by atoms with Gasteiger partial charge in [0, 0.05) is 12.6 Å². The molecule has 0 saturated heterocycles. The van der Waals surface area contributed by atoms with Crippen molar-refractivity contribution in [2.75, 3.05) is 0 Å². The highest BCUT2D eigenvalue weighted by atomic mass is 32.1. The fraction of sp³-hybridized carbons (Fsp3) is 0.250. The van der Waals surface area contributed by atoms with Crippen LogP contribution in [0.5, 0.6) is 0 Å². The van der Waals surface area contributed by atoms with Crippen molar-refractivity contribution in [1.82, 2.24) is 4.98 Å². The summed E-state index contributed by atoms with van der Waals surface area (Å²) in [5.74, 6) is -0.498. The molecule has 102 valence electrons. The normalized spacial score (nSPS) is 13.5. The average Bonchev–Trinajstić information content (AvgIpc) is 2.81. The predicted octanol–water partition coefficient (Wildman–Crippen LogP) is 3.58. The number of halogens is 4. The molecule has 0 radical (unpaired) electrons. The molecule has 0 bridgehead atoms. The number of hydrogen-bond donors (Lipinski definition) is 1. The van der Waals surface area contributed by atoms with E-state index in [-0.39, 0.29) is 16.9 Å². The Bertz CT molecular complexity index is 567. The molecular weight excluding hydrogens is 282 g/mol. The zero-order valence-electron chi connectivity index (χ0n) is 9.49. The summed E-state index contributed by atoms with van der Waals surface area (Å²) in [4.78, 5) is 3.28. The molecule has 2 nitrogen and oxygen atoms in total. The quantitative estimate of drug-likeness (QED) is 0.877. The Morgan fingerprint density at radius 3 is 2.53 bits per heavy atom. The van der Waals surface area contributed by atoms with Crippen molar-refractivity contribution in [2.24, 2.45) is 0 Å². The Balaban J connectivity index is 2.15. The molecule has 0 saturated carbocycles. The highest BCUT2D eigenvalue weighted by Gasteiger charge is 2.35. The van der Waals surface area contributed by atoms with Crippen molar-refractivity contribution in [3.05, 3.63) is 51.7 Å². The monoisotopic (exact) mass is 291 g/mol. The van der Waals surface area contributed by atoms with Crippen molar-refractivity contribution in [3.8, 4) is 0 Å². The summed E-state index contributed by atoms with van der Waals surface area (Å²) in [6.07, 6.45) is -4.85. The summed E-state index contributed by atoms with van der Waals surface area (Å²) in [6, 6.07) is 5.80. The number of alkyl halides is 3. The molecule has 1 N–H and O–H groups in total. The van der Waals surface area contributed by atoms with Gasteiger partial charge in [0.05, 0.1) is 11.0 Å². The third kappa shape index (κ3) is 3.30. The smallest absolute Gasteiger partial charge is 0.387 e. The highest BCUT2D eigenvalue weighted by molar-refractivity contribution is 7.11. The molecule has 0 aliphatic carbocycles. The lowest BCUT2D eigenvalue weighted by atomic mass is 10.1. The highest BCUT2D eigenvalue weighted by Crippen LogP contribution is 2.35. The Labute approximate surface area is 110 Å². The van der Waals surface area contributed by atoms with Crippen molar-refractivity contribution < 1.29 is 22.7 Å². The minimum absolute atomic E-state index is 0.0654. The number of hydrogen-bond acceptors (Lipinski definition) is 3. The summed E-state index contributed by atoms with van der Waals surface area (Å²) in [6.45, 7) is 0. The molecular formula is C12H9F4NOS. The first-order valence-electron chi connectivity index (χ1n) is 5.32. The van der Waals surface area contributed by atoms with E-state index in [9.17, 15) is 22.7 Å². The van der Waals surface area contributed by atoms with Gasteiger partial charge in [0.15, 0.2) is 5.01 Å². The van der Waals surface area contributed by atoms with Gasteiger partial charge >= 0.3 is 6.18 Å². The Hall–Kier alpha value is -1.47. The van der Waals surface area contributed by atoms with Crippen LogP contribution in [-0.4, -0.2) is 10.1 Å². The molecule has 2 rings (SSSR count). The molecule has 1 unspecified atom stereocenters. The van der Waals surface area contributed by atoms with Crippen molar-refractivity contribution >= 4 is 11.3 Å². The minimum Gasteiger partial charge on any atom is -0.387 e. The lowest BCUT2D eigenvalue weighted by Crippen LogP contribution is -2.03. The summed E-state index contributed by atoms with van der Waals surface area (Å²) in [7, 11) is 0. The van der Waals surface area contributed by atoms with E-state index in [1.165, 1.54) is 18.2 Å². The second kappa shape index (κ2) is 5.26. The number of thiazole rings is 1. The topological polar surface area (TPSA) is 33.1 Å². The lowest BCUT2D eigenvalue weighted by Gasteiger charge is -2.08. The summed E-state index contributed by atoms with van der Waals surface area (Å²) >= 11 is 0.364. The SMILES string of the molecule is OC(Cc1ccccc1F)c1cnc(C(F)(F)F)s1. The number of aromatic nitrogens is 1. The molecule has 2 aromatic rings. The Morgan fingerprint density at radius 1 is 1.26 bits per heavy atom. The van der Waals surface area contributed by atoms with Gasteiger partial charge in [-0.15, -0.1) is 11.3 Å². The van der Waals surface area contributed by atoms with Gasteiger partial charge in [-0.3, -0.25) is 0 Å². The second-order valence-corrected chi connectivity index (χ2v) is 4.94. The minimum atomic E-state index is -4.53. The molecule has 0 aliphatic heterocycles. The summed E-state index contributed by atoms with van der Waals surface area (Å²) in [5, 5.41) is 8.80. The van der Waals surface area contributed by atoms with Gasteiger partial charge in [-0.25, -0.2) is 9.37 Å². The molecule has 1 atom stereocenters. The van der Waals surface area contributed by atoms with Gasteiger partial charge in [-0.05, 0) is 11.6 Å². The molecule has 1 aromatic carbocycles. The number of aliphatic hydroxyl groups excluding tert-OH is 1. The molecule has 7 heteroatoms. The standard InChI is InChI=1S/C12H9F4NOS/c13-8-4-2-1-3-7(8)5-9(18)10-6-17-11(19-10)12(14,15)16/h1-4,6,9,18H,5H2. The van der Waals surface area contributed by atoms with Crippen LogP contribution >= 0.6 is 11.3 Å². The number of nitrogens with zero attached hydrogens (tertiary/aromatic N) is 1. The van der Waals surface area contributed by atoms with Crippen LogP contribution in [0, 0.1) is 5.82 Å². The van der Waals surface area contributed by atoms with Gasteiger partial charge in [-0.2, -0.15) is 13.2 Å². The fourth-order valence-electron chi connectivity index (χ4n) is 1.54. The second-order valence-electron chi connectivity index (χ2n) is 3.88. The third-order valence-corrected chi connectivity index (χ3v) is 3.61. The van der Waals surface area contributed by atoms with E-state index in [4.69, 9.17) is 0 Å². The molecule has 0 amide bonds. The largest absolute Gasteiger partial charge is 0.443 e. The van der Waals surface area contributed by atoms with E-state index in [1.807, 2.05) is 0 Å². The van der Waals surface area contributed by atoms with Gasteiger partial charge in [0.25, 0.3) is 0 Å². The molecule has 0 fully saturated rings. The van der Waals surface area contributed by atoms with Crippen LogP contribution in [0.4, 0.5) is 17.6 Å². The van der Waals surface area contributed by atoms with E-state index in [2.05, 4.69) is 4.98 Å². The maximum absolute atomic E-state index is 13.4.